The third kappa shape index (κ3) is 2.95. The second-order valence-electron chi connectivity index (χ2n) is 6.20. The molecule has 0 saturated carbocycles. The van der Waals surface area contributed by atoms with Gasteiger partial charge in [0.25, 0.3) is 0 Å². The molecule has 1 atom stereocenters. The minimum Gasteiger partial charge on any atom is -0.377 e. The Kier molecular flexibility index (Phi) is 3.98. The van der Waals surface area contributed by atoms with Gasteiger partial charge in [-0.1, -0.05) is 49.7 Å². The van der Waals surface area contributed by atoms with Crippen molar-refractivity contribution in [2.75, 3.05) is 5.32 Å². The van der Waals surface area contributed by atoms with Gasteiger partial charge in [0.15, 0.2) is 0 Å². The Morgan fingerprint density at radius 1 is 1.33 bits per heavy atom. The van der Waals surface area contributed by atoms with Crippen molar-refractivity contribution in [3.8, 4) is 0 Å². The highest BCUT2D eigenvalue weighted by Gasteiger charge is 2.32. The van der Waals surface area contributed by atoms with Gasteiger partial charge in [-0.2, -0.15) is 0 Å². The van der Waals surface area contributed by atoms with E-state index in [9.17, 15) is 0 Å². The highest BCUT2D eigenvalue weighted by atomic mass is 79.9. The molecule has 2 aromatic rings. The molecular formula is C17H18BrClN2. The lowest BCUT2D eigenvalue weighted by Crippen LogP contribution is -2.29. The first kappa shape index (κ1) is 14.9. The molecule has 1 unspecified atom stereocenters. The molecule has 3 rings (SSSR count). The average molecular weight is 366 g/mol. The third-order valence-electron chi connectivity index (χ3n) is 4.26. The Balaban J connectivity index is 1.92. The first-order valence-electron chi connectivity index (χ1n) is 7.14. The van der Waals surface area contributed by atoms with Crippen molar-refractivity contribution in [1.82, 2.24) is 4.98 Å². The molecule has 1 aromatic carbocycles. The van der Waals surface area contributed by atoms with E-state index in [0.717, 1.165) is 16.6 Å². The third-order valence-corrected chi connectivity index (χ3v) is 5.39. The summed E-state index contributed by atoms with van der Waals surface area (Å²) in [6, 6.07) is 11.0. The van der Waals surface area contributed by atoms with Gasteiger partial charge in [-0.3, -0.25) is 0 Å². The summed E-state index contributed by atoms with van der Waals surface area (Å²) in [5.41, 5.74) is 4.06. The van der Waals surface area contributed by atoms with E-state index in [4.69, 9.17) is 11.6 Å². The van der Waals surface area contributed by atoms with E-state index < -0.39 is 0 Å². The number of hydrogen-bond donors (Lipinski definition) is 1. The minimum atomic E-state index is 0.244. The Labute approximate surface area is 139 Å². The van der Waals surface area contributed by atoms with Crippen LogP contribution in [0.3, 0.4) is 0 Å². The fourth-order valence-electron chi connectivity index (χ4n) is 3.06. The van der Waals surface area contributed by atoms with Crippen LogP contribution in [0.4, 0.5) is 5.69 Å². The van der Waals surface area contributed by atoms with Crippen molar-refractivity contribution >= 4 is 33.2 Å². The lowest BCUT2D eigenvalue weighted by Gasteiger charge is -2.37. The van der Waals surface area contributed by atoms with Gasteiger partial charge >= 0.3 is 0 Å². The summed E-state index contributed by atoms with van der Waals surface area (Å²) in [6.45, 7) is 4.64. The highest BCUT2D eigenvalue weighted by Crippen LogP contribution is 2.42. The molecule has 1 heterocycles. The second-order valence-corrected chi connectivity index (χ2v) is 7.42. The van der Waals surface area contributed by atoms with Gasteiger partial charge < -0.3 is 5.32 Å². The van der Waals surface area contributed by atoms with Crippen molar-refractivity contribution in [2.45, 2.75) is 38.1 Å². The number of fused-ring (bicyclic) bond motifs is 1. The zero-order chi connectivity index (χ0) is 15.0. The monoisotopic (exact) mass is 364 g/mol. The molecule has 1 aliphatic carbocycles. The van der Waals surface area contributed by atoms with Crippen LogP contribution < -0.4 is 5.32 Å². The number of rotatable bonds is 2. The van der Waals surface area contributed by atoms with Crippen LogP contribution in [0.25, 0.3) is 0 Å². The first-order valence-corrected chi connectivity index (χ1v) is 8.31. The summed E-state index contributed by atoms with van der Waals surface area (Å²) in [7, 11) is 0. The quantitative estimate of drug-likeness (QED) is 0.688. The zero-order valence-corrected chi connectivity index (χ0v) is 14.5. The first-order chi connectivity index (χ1) is 9.97. The van der Waals surface area contributed by atoms with Crippen molar-refractivity contribution in [2.24, 2.45) is 0 Å². The molecule has 0 bridgehead atoms. The second kappa shape index (κ2) is 5.62. The molecular weight excluding hydrogens is 348 g/mol. The summed E-state index contributed by atoms with van der Waals surface area (Å²) < 4.78 is 0.818. The van der Waals surface area contributed by atoms with Gasteiger partial charge in [0.1, 0.15) is 5.15 Å². The van der Waals surface area contributed by atoms with Gasteiger partial charge in [0.2, 0.25) is 0 Å². The van der Waals surface area contributed by atoms with Crippen LogP contribution in [0.5, 0.6) is 0 Å². The number of anilines is 1. The number of pyridine rings is 1. The number of aromatic nitrogens is 1. The van der Waals surface area contributed by atoms with Crippen molar-refractivity contribution in [3.63, 3.8) is 0 Å². The van der Waals surface area contributed by atoms with Crippen LogP contribution in [0.15, 0.2) is 41.0 Å². The molecule has 0 fully saturated rings. The standard InChI is InChI=1S/C17H18BrClN2/c1-17(2)8-7-15(12-5-3-4-6-13(12)17)21-11-9-14(18)16(19)20-10-11/h3-6,9-10,15,21H,7-8H2,1-2H3. The van der Waals surface area contributed by atoms with E-state index in [0.29, 0.717) is 11.2 Å². The van der Waals surface area contributed by atoms with Gasteiger partial charge in [0, 0.05) is 0 Å². The Morgan fingerprint density at radius 3 is 2.86 bits per heavy atom. The molecule has 2 nitrogen and oxygen atoms in total. The topological polar surface area (TPSA) is 24.9 Å². The van der Waals surface area contributed by atoms with E-state index in [2.05, 4.69) is 64.3 Å². The fourth-order valence-corrected chi connectivity index (χ4v) is 3.52. The summed E-state index contributed by atoms with van der Waals surface area (Å²) in [5, 5.41) is 4.08. The molecule has 4 heteroatoms. The summed E-state index contributed by atoms with van der Waals surface area (Å²) in [5.74, 6) is 0. The molecule has 1 N–H and O–H groups in total. The van der Waals surface area contributed by atoms with E-state index in [1.54, 1.807) is 6.20 Å². The summed E-state index contributed by atoms with van der Waals surface area (Å²) in [6.07, 6.45) is 4.07. The van der Waals surface area contributed by atoms with E-state index in [1.807, 2.05) is 6.07 Å². The molecule has 0 amide bonds. The van der Waals surface area contributed by atoms with Crippen LogP contribution in [-0.2, 0) is 5.41 Å². The number of nitrogens with zero attached hydrogens (tertiary/aromatic N) is 1. The molecule has 110 valence electrons. The van der Waals surface area contributed by atoms with Crippen LogP contribution in [0, 0.1) is 0 Å². The predicted octanol–water partition coefficient (Wildman–Crippen LogP) is 5.72. The average Bonchev–Trinajstić information content (AvgIpc) is 2.46. The van der Waals surface area contributed by atoms with Crippen LogP contribution >= 0.6 is 27.5 Å². The normalized spacial score (nSPS) is 19.9. The minimum absolute atomic E-state index is 0.244. The SMILES string of the molecule is CC1(C)CCC(Nc2cnc(Cl)c(Br)c2)c2ccccc21. The maximum atomic E-state index is 5.96. The molecule has 0 spiro atoms. The van der Waals surface area contributed by atoms with Gasteiger partial charge in [-0.05, 0) is 51.4 Å². The highest BCUT2D eigenvalue weighted by molar-refractivity contribution is 9.10. The fraction of sp³-hybridized carbons (Fsp3) is 0.353. The van der Waals surface area contributed by atoms with Crippen LogP contribution in [0.2, 0.25) is 5.15 Å². The largest absolute Gasteiger partial charge is 0.377 e. The lowest BCUT2D eigenvalue weighted by molar-refractivity contribution is 0.406. The molecule has 0 aliphatic heterocycles. The van der Waals surface area contributed by atoms with Crippen molar-refractivity contribution in [1.29, 1.82) is 0 Å². The smallest absolute Gasteiger partial charge is 0.143 e. The Hall–Kier alpha value is -1.06. The van der Waals surface area contributed by atoms with Gasteiger partial charge in [-0.15, -0.1) is 0 Å². The molecule has 1 aromatic heterocycles. The van der Waals surface area contributed by atoms with Gasteiger partial charge in [0.05, 0.1) is 22.4 Å². The number of benzene rings is 1. The molecule has 1 aliphatic rings. The molecule has 21 heavy (non-hydrogen) atoms. The number of hydrogen-bond acceptors (Lipinski definition) is 2. The van der Waals surface area contributed by atoms with Crippen molar-refractivity contribution in [3.05, 3.63) is 57.3 Å². The maximum Gasteiger partial charge on any atom is 0.143 e. The number of halogens is 2. The molecule has 0 radical (unpaired) electrons. The van der Waals surface area contributed by atoms with Gasteiger partial charge in [-0.25, -0.2) is 4.98 Å². The predicted molar refractivity (Wildman–Crippen MR) is 92.0 cm³/mol. The summed E-state index contributed by atoms with van der Waals surface area (Å²) in [4.78, 5) is 4.18. The van der Waals surface area contributed by atoms with E-state index in [-0.39, 0.29) is 5.41 Å². The number of nitrogens with one attached hydrogen (secondary N) is 1. The van der Waals surface area contributed by atoms with Crippen molar-refractivity contribution < 1.29 is 0 Å². The summed E-state index contributed by atoms with van der Waals surface area (Å²) >= 11 is 9.38. The van der Waals surface area contributed by atoms with E-state index in [1.165, 1.54) is 17.5 Å². The van der Waals surface area contributed by atoms with Crippen LogP contribution in [-0.4, -0.2) is 4.98 Å². The Bertz CT molecular complexity index is 670. The molecule has 0 saturated heterocycles. The zero-order valence-electron chi connectivity index (χ0n) is 12.2. The van der Waals surface area contributed by atoms with Crippen LogP contribution in [0.1, 0.15) is 43.9 Å². The van der Waals surface area contributed by atoms with E-state index >= 15 is 0 Å². The maximum absolute atomic E-state index is 5.96. The Morgan fingerprint density at radius 2 is 2.10 bits per heavy atom. The lowest BCUT2D eigenvalue weighted by atomic mass is 9.71.